The van der Waals surface area contributed by atoms with Crippen LogP contribution in [0.15, 0.2) is 0 Å². The van der Waals surface area contributed by atoms with Crippen molar-refractivity contribution in [1.82, 2.24) is 4.90 Å². The molecule has 5 nitrogen and oxygen atoms in total. The van der Waals surface area contributed by atoms with Crippen molar-refractivity contribution in [3.05, 3.63) is 0 Å². The van der Waals surface area contributed by atoms with E-state index in [0.29, 0.717) is 19.8 Å². The highest BCUT2D eigenvalue weighted by molar-refractivity contribution is 5.78. The van der Waals surface area contributed by atoms with Crippen LogP contribution in [0.3, 0.4) is 0 Å². The Labute approximate surface area is 71.1 Å². The summed E-state index contributed by atoms with van der Waals surface area (Å²) in [5, 5.41) is 9.12. The van der Waals surface area contributed by atoms with E-state index in [9.17, 15) is 4.79 Å². The van der Waals surface area contributed by atoms with Crippen molar-refractivity contribution >= 4 is 5.91 Å². The smallest absolute Gasteiger partial charge is 0.247 e. The van der Waals surface area contributed by atoms with Gasteiger partial charge in [0.2, 0.25) is 5.91 Å². The van der Waals surface area contributed by atoms with E-state index in [1.54, 1.807) is 0 Å². The Morgan fingerprint density at radius 2 is 2.17 bits per heavy atom. The van der Waals surface area contributed by atoms with Gasteiger partial charge in [-0.05, 0) is 0 Å². The first-order valence-corrected chi connectivity index (χ1v) is 3.97. The summed E-state index contributed by atoms with van der Waals surface area (Å²) in [5.41, 5.74) is 4.91. The monoisotopic (exact) mass is 174 g/mol. The molecular formula is C7H14N2O3. The van der Waals surface area contributed by atoms with Gasteiger partial charge in [-0.2, -0.15) is 0 Å². The Kier molecular flexibility index (Phi) is 3.46. The van der Waals surface area contributed by atoms with Crippen molar-refractivity contribution in [2.24, 2.45) is 5.73 Å². The van der Waals surface area contributed by atoms with Gasteiger partial charge in [0.1, 0.15) is 6.10 Å². The van der Waals surface area contributed by atoms with Crippen molar-refractivity contribution in [3.63, 3.8) is 0 Å². The zero-order valence-electron chi connectivity index (χ0n) is 6.90. The van der Waals surface area contributed by atoms with E-state index in [0.717, 1.165) is 13.1 Å². The Bertz CT molecular complexity index is 157. The van der Waals surface area contributed by atoms with Crippen LogP contribution in [-0.4, -0.2) is 54.9 Å². The van der Waals surface area contributed by atoms with E-state index in [2.05, 4.69) is 0 Å². The molecule has 0 aliphatic carbocycles. The number of ether oxygens (including phenoxy) is 1. The lowest BCUT2D eigenvalue weighted by Gasteiger charge is -2.27. The van der Waals surface area contributed by atoms with Gasteiger partial charge < -0.3 is 15.6 Å². The lowest BCUT2D eigenvalue weighted by molar-refractivity contribution is -0.127. The summed E-state index contributed by atoms with van der Waals surface area (Å²) in [6.45, 7) is 3.14. The molecule has 1 amide bonds. The molecule has 0 spiro atoms. The molecule has 70 valence electrons. The van der Waals surface area contributed by atoms with Crippen LogP contribution < -0.4 is 5.73 Å². The SMILES string of the molecule is NC(=O)C(O)CN1CCOCC1. The maximum absolute atomic E-state index is 10.5. The highest BCUT2D eigenvalue weighted by Crippen LogP contribution is 1.97. The fourth-order valence-electron chi connectivity index (χ4n) is 1.12. The Hall–Kier alpha value is -0.650. The standard InChI is InChI=1S/C7H14N2O3/c8-7(11)6(10)5-9-1-3-12-4-2-9/h6,10H,1-5H2,(H2,8,11). The van der Waals surface area contributed by atoms with E-state index in [4.69, 9.17) is 15.6 Å². The molecule has 0 aromatic heterocycles. The zero-order valence-corrected chi connectivity index (χ0v) is 6.90. The number of β-amino-alcohol motifs (C(OH)–C–C–N with tert-alkyl or cyclic N) is 1. The second kappa shape index (κ2) is 4.39. The third-order valence-electron chi connectivity index (χ3n) is 1.86. The minimum absolute atomic E-state index is 0.318. The fourth-order valence-corrected chi connectivity index (χ4v) is 1.12. The minimum Gasteiger partial charge on any atom is -0.382 e. The molecular weight excluding hydrogens is 160 g/mol. The Morgan fingerprint density at radius 3 is 2.67 bits per heavy atom. The molecule has 0 saturated carbocycles. The lowest BCUT2D eigenvalue weighted by Crippen LogP contribution is -2.45. The van der Waals surface area contributed by atoms with Gasteiger partial charge in [-0.25, -0.2) is 0 Å². The van der Waals surface area contributed by atoms with Crippen molar-refractivity contribution in [2.75, 3.05) is 32.8 Å². The van der Waals surface area contributed by atoms with Crippen LogP contribution in [0.25, 0.3) is 0 Å². The molecule has 1 aliphatic rings. The van der Waals surface area contributed by atoms with Gasteiger partial charge in [-0.1, -0.05) is 0 Å². The van der Waals surface area contributed by atoms with E-state index in [1.165, 1.54) is 0 Å². The number of amides is 1. The topological polar surface area (TPSA) is 75.8 Å². The highest BCUT2D eigenvalue weighted by Gasteiger charge is 2.17. The average Bonchev–Trinajstić information content (AvgIpc) is 2.06. The normalized spacial score (nSPS) is 22.1. The average molecular weight is 174 g/mol. The van der Waals surface area contributed by atoms with Gasteiger partial charge >= 0.3 is 0 Å². The quantitative estimate of drug-likeness (QED) is 0.527. The summed E-state index contributed by atoms with van der Waals surface area (Å²) in [6, 6.07) is 0. The molecule has 1 atom stereocenters. The summed E-state index contributed by atoms with van der Waals surface area (Å²) in [6.07, 6.45) is -1.05. The summed E-state index contributed by atoms with van der Waals surface area (Å²) in [7, 11) is 0. The van der Waals surface area contributed by atoms with E-state index < -0.39 is 12.0 Å². The maximum Gasteiger partial charge on any atom is 0.247 e. The van der Waals surface area contributed by atoms with Gasteiger partial charge in [-0.3, -0.25) is 9.69 Å². The van der Waals surface area contributed by atoms with Crippen molar-refractivity contribution < 1.29 is 14.6 Å². The van der Waals surface area contributed by atoms with Crippen molar-refractivity contribution in [3.8, 4) is 0 Å². The molecule has 1 fully saturated rings. The first-order chi connectivity index (χ1) is 5.70. The minimum atomic E-state index is -1.05. The first kappa shape index (κ1) is 9.44. The van der Waals surface area contributed by atoms with Gasteiger partial charge in [0.05, 0.1) is 13.2 Å². The number of rotatable bonds is 3. The predicted molar refractivity (Wildman–Crippen MR) is 42.5 cm³/mol. The lowest BCUT2D eigenvalue weighted by atomic mass is 10.3. The summed E-state index contributed by atoms with van der Waals surface area (Å²) < 4.78 is 5.10. The molecule has 3 N–H and O–H groups in total. The number of carbonyl (C=O) groups is 1. The molecule has 1 saturated heterocycles. The second-order valence-corrected chi connectivity index (χ2v) is 2.83. The first-order valence-electron chi connectivity index (χ1n) is 3.97. The molecule has 0 aromatic rings. The van der Waals surface area contributed by atoms with Gasteiger partial charge in [-0.15, -0.1) is 0 Å². The largest absolute Gasteiger partial charge is 0.382 e. The predicted octanol–water partition coefficient (Wildman–Crippen LogP) is -1.84. The van der Waals surface area contributed by atoms with Crippen LogP contribution >= 0.6 is 0 Å². The number of carbonyl (C=O) groups excluding carboxylic acids is 1. The number of hydrogen-bond donors (Lipinski definition) is 2. The number of nitrogens with zero attached hydrogens (tertiary/aromatic N) is 1. The number of aliphatic hydroxyl groups is 1. The highest BCUT2D eigenvalue weighted by atomic mass is 16.5. The van der Waals surface area contributed by atoms with E-state index >= 15 is 0 Å². The molecule has 1 rings (SSSR count). The fraction of sp³-hybridized carbons (Fsp3) is 0.857. The van der Waals surface area contributed by atoms with Crippen molar-refractivity contribution in [1.29, 1.82) is 0 Å². The van der Waals surface area contributed by atoms with Crippen LogP contribution in [0.2, 0.25) is 0 Å². The van der Waals surface area contributed by atoms with Crippen LogP contribution in [0.1, 0.15) is 0 Å². The van der Waals surface area contributed by atoms with E-state index in [1.807, 2.05) is 4.90 Å². The molecule has 5 heteroatoms. The van der Waals surface area contributed by atoms with Gasteiger partial charge in [0, 0.05) is 19.6 Å². The number of primary amides is 1. The third kappa shape index (κ3) is 2.77. The maximum atomic E-state index is 10.5. The summed E-state index contributed by atoms with van der Waals surface area (Å²) in [4.78, 5) is 12.4. The third-order valence-corrected chi connectivity index (χ3v) is 1.86. The molecule has 1 unspecified atom stereocenters. The summed E-state index contributed by atoms with van der Waals surface area (Å²) >= 11 is 0. The second-order valence-electron chi connectivity index (χ2n) is 2.83. The molecule has 0 bridgehead atoms. The molecule has 1 aliphatic heterocycles. The van der Waals surface area contributed by atoms with Crippen LogP contribution in [0.5, 0.6) is 0 Å². The Balaban J connectivity index is 2.24. The Morgan fingerprint density at radius 1 is 1.58 bits per heavy atom. The number of aliphatic hydroxyl groups excluding tert-OH is 1. The van der Waals surface area contributed by atoms with Crippen LogP contribution in [0, 0.1) is 0 Å². The molecule has 1 heterocycles. The number of morpholine rings is 1. The van der Waals surface area contributed by atoms with Crippen LogP contribution in [0.4, 0.5) is 0 Å². The number of hydrogen-bond acceptors (Lipinski definition) is 4. The van der Waals surface area contributed by atoms with Crippen LogP contribution in [-0.2, 0) is 9.53 Å². The van der Waals surface area contributed by atoms with E-state index in [-0.39, 0.29) is 0 Å². The van der Waals surface area contributed by atoms with Gasteiger partial charge in [0.15, 0.2) is 0 Å². The zero-order chi connectivity index (χ0) is 8.97. The molecule has 0 radical (unpaired) electrons. The van der Waals surface area contributed by atoms with Gasteiger partial charge in [0.25, 0.3) is 0 Å². The summed E-state index contributed by atoms with van der Waals surface area (Å²) in [5.74, 6) is -0.665. The molecule has 12 heavy (non-hydrogen) atoms. The molecule has 0 aromatic carbocycles. The van der Waals surface area contributed by atoms with Crippen molar-refractivity contribution in [2.45, 2.75) is 6.10 Å². The number of nitrogens with two attached hydrogens (primary N) is 1.